The van der Waals surface area contributed by atoms with Crippen molar-refractivity contribution in [1.29, 1.82) is 0 Å². The summed E-state index contributed by atoms with van der Waals surface area (Å²) < 4.78 is 13.5. The number of halogens is 3. The normalized spacial score (nSPS) is 12.4. The van der Waals surface area contributed by atoms with E-state index in [2.05, 4.69) is 9.97 Å². The van der Waals surface area contributed by atoms with Gasteiger partial charge in [0.15, 0.2) is 0 Å². The zero-order valence-electron chi connectivity index (χ0n) is 11.2. The molecule has 0 aliphatic carbocycles. The Morgan fingerprint density at radius 1 is 1.09 bits per heavy atom. The van der Waals surface area contributed by atoms with Crippen LogP contribution in [0.5, 0.6) is 0 Å². The number of nitrogens with zero attached hydrogens (tertiary/aromatic N) is 1. The smallest absolute Gasteiger partial charge is 0.142 e. The quantitative estimate of drug-likeness (QED) is 0.734. The minimum atomic E-state index is -1.06. The molecule has 0 fully saturated rings. The zero-order chi connectivity index (χ0) is 15.7. The molecule has 0 aliphatic heterocycles. The number of rotatable bonds is 3. The molecule has 2 aromatic carbocycles. The predicted octanol–water partition coefficient (Wildman–Crippen LogP) is 4.60. The second-order valence-corrected chi connectivity index (χ2v) is 5.61. The minimum Gasteiger partial charge on any atom is -0.380 e. The molecule has 3 rings (SSSR count). The standard InChI is InChI=1S/C16H11Cl2FN2O/c17-11-4-1-9(2-5-11)14-8-20-16(21-14)15(22)10-3-6-12(18)13(19)7-10/h1-8,15,22H,(H,20,21). The van der Waals surface area contributed by atoms with Gasteiger partial charge in [-0.25, -0.2) is 9.37 Å². The lowest BCUT2D eigenvalue weighted by Gasteiger charge is -2.08. The lowest BCUT2D eigenvalue weighted by atomic mass is 10.1. The van der Waals surface area contributed by atoms with Crippen molar-refractivity contribution in [3.63, 3.8) is 0 Å². The van der Waals surface area contributed by atoms with E-state index in [4.69, 9.17) is 23.2 Å². The molecule has 1 heterocycles. The molecule has 6 heteroatoms. The first-order chi connectivity index (χ1) is 10.5. The van der Waals surface area contributed by atoms with E-state index in [1.807, 2.05) is 12.1 Å². The van der Waals surface area contributed by atoms with Crippen LogP contribution in [-0.4, -0.2) is 15.1 Å². The first-order valence-corrected chi connectivity index (χ1v) is 7.24. The van der Waals surface area contributed by atoms with Crippen LogP contribution in [-0.2, 0) is 0 Å². The molecule has 0 saturated carbocycles. The average Bonchev–Trinajstić information content (AvgIpc) is 3.00. The third kappa shape index (κ3) is 2.99. The Hall–Kier alpha value is -1.88. The van der Waals surface area contributed by atoms with Gasteiger partial charge in [0.1, 0.15) is 17.7 Å². The van der Waals surface area contributed by atoms with Crippen LogP contribution in [0.15, 0.2) is 48.7 Å². The van der Waals surface area contributed by atoms with E-state index >= 15 is 0 Å². The fourth-order valence-electron chi connectivity index (χ4n) is 2.09. The Morgan fingerprint density at radius 2 is 1.82 bits per heavy atom. The van der Waals surface area contributed by atoms with Crippen LogP contribution < -0.4 is 0 Å². The number of aromatic amines is 1. The van der Waals surface area contributed by atoms with Gasteiger partial charge in [0, 0.05) is 5.02 Å². The van der Waals surface area contributed by atoms with Gasteiger partial charge in [0.05, 0.1) is 16.9 Å². The summed E-state index contributed by atoms with van der Waals surface area (Å²) in [6.45, 7) is 0. The van der Waals surface area contributed by atoms with Crippen LogP contribution in [0.3, 0.4) is 0 Å². The maximum absolute atomic E-state index is 13.5. The van der Waals surface area contributed by atoms with Crippen molar-refractivity contribution in [3.05, 3.63) is 75.9 Å². The predicted molar refractivity (Wildman–Crippen MR) is 84.5 cm³/mol. The highest BCUT2D eigenvalue weighted by atomic mass is 35.5. The lowest BCUT2D eigenvalue weighted by Crippen LogP contribution is -2.02. The van der Waals surface area contributed by atoms with E-state index in [9.17, 15) is 9.50 Å². The Morgan fingerprint density at radius 3 is 2.50 bits per heavy atom. The first kappa shape index (κ1) is 15.0. The fraction of sp³-hybridized carbons (Fsp3) is 0.0625. The number of hydrogen-bond acceptors (Lipinski definition) is 2. The number of aliphatic hydroxyl groups excluding tert-OH is 1. The topological polar surface area (TPSA) is 48.9 Å². The van der Waals surface area contributed by atoms with Gasteiger partial charge >= 0.3 is 0 Å². The third-order valence-electron chi connectivity index (χ3n) is 3.27. The summed E-state index contributed by atoms with van der Waals surface area (Å²) in [4.78, 5) is 7.17. The lowest BCUT2D eigenvalue weighted by molar-refractivity contribution is 0.210. The molecule has 3 aromatic rings. The van der Waals surface area contributed by atoms with E-state index in [0.717, 1.165) is 11.3 Å². The zero-order valence-corrected chi connectivity index (χ0v) is 12.7. The Kier molecular flexibility index (Phi) is 4.16. The molecule has 1 unspecified atom stereocenters. The van der Waals surface area contributed by atoms with Gasteiger partial charge in [0.25, 0.3) is 0 Å². The van der Waals surface area contributed by atoms with Gasteiger partial charge in [-0.15, -0.1) is 0 Å². The highest BCUT2D eigenvalue weighted by Gasteiger charge is 2.16. The second-order valence-electron chi connectivity index (χ2n) is 4.77. The van der Waals surface area contributed by atoms with Crippen molar-refractivity contribution in [2.24, 2.45) is 0 Å². The number of nitrogens with one attached hydrogen (secondary N) is 1. The van der Waals surface area contributed by atoms with E-state index in [-0.39, 0.29) is 5.02 Å². The van der Waals surface area contributed by atoms with E-state index in [1.54, 1.807) is 24.4 Å². The second kappa shape index (κ2) is 6.08. The molecule has 0 amide bonds. The number of imidazole rings is 1. The first-order valence-electron chi connectivity index (χ1n) is 6.48. The maximum Gasteiger partial charge on any atom is 0.142 e. The van der Waals surface area contributed by atoms with Gasteiger partial charge in [-0.05, 0) is 35.4 Å². The molecule has 1 aromatic heterocycles. The summed E-state index contributed by atoms with van der Waals surface area (Å²) >= 11 is 11.5. The molecule has 2 N–H and O–H groups in total. The fourth-order valence-corrected chi connectivity index (χ4v) is 2.34. The Balaban J connectivity index is 1.89. The van der Waals surface area contributed by atoms with E-state index < -0.39 is 11.9 Å². The van der Waals surface area contributed by atoms with Crippen LogP contribution in [0.1, 0.15) is 17.5 Å². The molecule has 0 bridgehead atoms. The third-order valence-corrected chi connectivity index (χ3v) is 3.83. The molecule has 112 valence electrons. The van der Waals surface area contributed by atoms with Gasteiger partial charge in [-0.2, -0.15) is 0 Å². The molecule has 22 heavy (non-hydrogen) atoms. The summed E-state index contributed by atoms with van der Waals surface area (Å²) in [7, 11) is 0. The maximum atomic E-state index is 13.5. The van der Waals surface area contributed by atoms with Crippen LogP contribution in [0.25, 0.3) is 11.3 Å². The Labute approximate surface area is 136 Å². The summed E-state index contributed by atoms with van der Waals surface area (Å²) in [5.41, 5.74) is 2.00. The molecular weight excluding hydrogens is 326 g/mol. The monoisotopic (exact) mass is 336 g/mol. The van der Waals surface area contributed by atoms with Gasteiger partial charge in [-0.3, -0.25) is 0 Å². The van der Waals surface area contributed by atoms with Crippen LogP contribution in [0, 0.1) is 5.82 Å². The molecule has 0 radical (unpaired) electrons. The summed E-state index contributed by atoms with van der Waals surface area (Å²) in [5.74, 6) is -0.255. The van der Waals surface area contributed by atoms with E-state index in [1.165, 1.54) is 12.1 Å². The van der Waals surface area contributed by atoms with Gasteiger partial charge in [0.2, 0.25) is 0 Å². The molecular formula is C16H11Cl2FN2O. The molecule has 0 spiro atoms. The summed E-state index contributed by atoms with van der Waals surface area (Å²) in [5, 5.41) is 10.9. The van der Waals surface area contributed by atoms with Crippen molar-refractivity contribution in [2.45, 2.75) is 6.10 Å². The van der Waals surface area contributed by atoms with Gasteiger partial charge < -0.3 is 10.1 Å². The van der Waals surface area contributed by atoms with Crippen molar-refractivity contribution >= 4 is 23.2 Å². The molecule has 0 aliphatic rings. The highest BCUT2D eigenvalue weighted by Crippen LogP contribution is 2.26. The SMILES string of the molecule is OC(c1ccc(Cl)c(F)c1)c1ncc(-c2ccc(Cl)cc2)[nH]1. The molecule has 3 nitrogen and oxygen atoms in total. The minimum absolute atomic E-state index is 0.0113. The number of aromatic nitrogens is 2. The molecule has 1 atom stereocenters. The van der Waals surface area contributed by atoms with Crippen LogP contribution in [0.2, 0.25) is 10.0 Å². The number of H-pyrrole nitrogens is 1. The Bertz CT molecular complexity index is 802. The molecule has 0 saturated heterocycles. The van der Waals surface area contributed by atoms with Crippen LogP contribution >= 0.6 is 23.2 Å². The summed E-state index contributed by atoms with van der Waals surface area (Å²) in [6.07, 6.45) is 0.543. The highest BCUT2D eigenvalue weighted by molar-refractivity contribution is 6.31. The average molecular weight is 337 g/mol. The largest absolute Gasteiger partial charge is 0.380 e. The van der Waals surface area contributed by atoms with Gasteiger partial charge in [-0.1, -0.05) is 41.4 Å². The summed E-state index contributed by atoms with van der Waals surface area (Å²) in [6, 6.07) is 11.4. The van der Waals surface area contributed by atoms with Crippen molar-refractivity contribution in [2.75, 3.05) is 0 Å². The van der Waals surface area contributed by atoms with Crippen LogP contribution in [0.4, 0.5) is 4.39 Å². The van der Waals surface area contributed by atoms with Crippen molar-refractivity contribution in [1.82, 2.24) is 9.97 Å². The van der Waals surface area contributed by atoms with E-state index in [0.29, 0.717) is 16.4 Å². The van der Waals surface area contributed by atoms with Crippen molar-refractivity contribution < 1.29 is 9.50 Å². The number of aliphatic hydroxyl groups is 1. The van der Waals surface area contributed by atoms with Crippen molar-refractivity contribution in [3.8, 4) is 11.3 Å². The number of hydrogen-bond donors (Lipinski definition) is 2. The number of benzene rings is 2.